The van der Waals surface area contributed by atoms with Gasteiger partial charge in [0.15, 0.2) is 0 Å². The number of nitrogens with zero attached hydrogens (tertiary/aromatic N) is 1. The Labute approximate surface area is 354 Å². The molecule has 0 rings (SSSR count). The molecule has 1 amide bonds. The van der Waals surface area contributed by atoms with Crippen LogP contribution in [0.25, 0.3) is 0 Å². The van der Waals surface area contributed by atoms with Crippen molar-refractivity contribution in [2.45, 2.75) is 238 Å². The second kappa shape index (κ2) is 40.4. The molecule has 0 saturated heterocycles. The van der Waals surface area contributed by atoms with E-state index in [1.165, 1.54) is 148 Å². The zero-order valence-electron chi connectivity index (χ0n) is 38.3. The minimum atomic E-state index is -4.57. The van der Waals surface area contributed by atoms with Gasteiger partial charge in [-0.2, -0.15) is 0 Å². The van der Waals surface area contributed by atoms with Crippen molar-refractivity contribution in [3.05, 3.63) is 24.3 Å². The molecule has 9 heteroatoms. The first-order chi connectivity index (χ1) is 27.5. The summed E-state index contributed by atoms with van der Waals surface area (Å²) >= 11 is 0. The van der Waals surface area contributed by atoms with Crippen LogP contribution in [0.3, 0.4) is 0 Å². The number of aliphatic hydroxyl groups is 1. The van der Waals surface area contributed by atoms with Crippen molar-refractivity contribution in [3.8, 4) is 0 Å². The Hall–Kier alpha value is -1.02. The Morgan fingerprint density at radius 2 is 1.00 bits per heavy atom. The number of quaternary nitrogens is 1. The average Bonchev–Trinajstić information content (AvgIpc) is 3.16. The number of rotatable bonds is 44. The van der Waals surface area contributed by atoms with Gasteiger partial charge >= 0.3 is 0 Å². The third-order valence-electron chi connectivity index (χ3n) is 11.0. The van der Waals surface area contributed by atoms with E-state index in [0.29, 0.717) is 23.9 Å². The van der Waals surface area contributed by atoms with Gasteiger partial charge in [-0.15, -0.1) is 0 Å². The van der Waals surface area contributed by atoms with Crippen molar-refractivity contribution in [3.63, 3.8) is 0 Å². The Kier molecular flexibility index (Phi) is 39.7. The first-order valence-electron chi connectivity index (χ1n) is 24.2. The zero-order chi connectivity index (χ0) is 42.1. The molecule has 0 spiro atoms. The molecule has 3 unspecified atom stereocenters. The molecule has 0 radical (unpaired) electrons. The Morgan fingerprint density at radius 3 is 1.46 bits per heavy atom. The molecule has 3 atom stereocenters. The fraction of sp³-hybridized carbons (Fsp3) is 0.896. The summed E-state index contributed by atoms with van der Waals surface area (Å²) in [6.45, 7) is 4.70. The number of phosphoric ester groups is 1. The summed E-state index contributed by atoms with van der Waals surface area (Å²) in [6.07, 6.45) is 47.5. The van der Waals surface area contributed by atoms with Crippen LogP contribution in [0, 0.1) is 0 Å². The molecule has 0 aromatic heterocycles. The number of phosphoric acid groups is 1. The molecule has 0 aliphatic rings. The fourth-order valence-corrected chi connectivity index (χ4v) is 7.81. The van der Waals surface area contributed by atoms with Crippen LogP contribution in [0.4, 0.5) is 0 Å². The molecule has 0 aromatic carbocycles. The number of likely N-dealkylation sites (N-methyl/N-ethyl adjacent to an activating group) is 1. The van der Waals surface area contributed by atoms with Crippen LogP contribution >= 0.6 is 7.82 Å². The maximum Gasteiger partial charge on any atom is 0.268 e. The predicted molar refractivity (Wildman–Crippen MR) is 242 cm³/mol. The number of amides is 1. The highest BCUT2D eigenvalue weighted by atomic mass is 31.2. The first kappa shape index (κ1) is 56.0. The Morgan fingerprint density at radius 1 is 0.614 bits per heavy atom. The summed E-state index contributed by atoms with van der Waals surface area (Å²) in [5, 5.41) is 13.9. The van der Waals surface area contributed by atoms with Gasteiger partial charge in [0.1, 0.15) is 13.2 Å². The average molecular weight is 827 g/mol. The number of unbranched alkanes of at least 4 members (excludes halogenated alkanes) is 28. The molecule has 338 valence electrons. The normalized spacial score (nSPS) is 14.4. The minimum Gasteiger partial charge on any atom is -0.756 e. The summed E-state index contributed by atoms with van der Waals surface area (Å²) in [7, 11) is 1.30. The SMILES string of the molecule is CCCCC/C=C\C=C/CCCCCCCCC(=O)NC(COP(=O)([O-])OCC[N+](C)(C)C)C(O)CCCCCCCCCCCCCCCCCCCCCC. The highest BCUT2D eigenvalue weighted by molar-refractivity contribution is 7.45. The number of hydrogen-bond acceptors (Lipinski definition) is 6. The standard InChI is InChI=1S/C48H95N2O6P/c1-6-8-10-12-14-16-18-20-22-23-24-25-26-28-29-31-33-35-37-39-41-47(51)46(45-56-57(53,54)55-44-43-50(3,4)5)49-48(52)42-40-38-36-34-32-30-27-21-19-17-15-13-11-9-7-2/h15,17,19,21,46-47,51H,6-14,16,18,20,22-45H2,1-5H3,(H-,49,52,53,54)/b17-15-,21-19-. The summed E-state index contributed by atoms with van der Waals surface area (Å²) in [6, 6.07) is -0.804. The van der Waals surface area contributed by atoms with Gasteiger partial charge in [-0.3, -0.25) is 9.36 Å². The molecular formula is C48H95N2O6P. The molecule has 0 aromatic rings. The third kappa shape index (κ3) is 42.9. The van der Waals surface area contributed by atoms with Crippen molar-refractivity contribution >= 4 is 13.7 Å². The summed E-state index contributed by atoms with van der Waals surface area (Å²) in [5.74, 6) is -0.175. The number of carbonyl (C=O) groups is 1. The van der Waals surface area contributed by atoms with E-state index in [4.69, 9.17) is 9.05 Å². The summed E-state index contributed by atoms with van der Waals surface area (Å²) in [4.78, 5) is 25.4. The smallest absolute Gasteiger partial charge is 0.268 e. The van der Waals surface area contributed by atoms with Crippen LogP contribution in [0.5, 0.6) is 0 Å². The predicted octanol–water partition coefficient (Wildman–Crippen LogP) is 13.1. The number of allylic oxidation sites excluding steroid dienone is 4. The van der Waals surface area contributed by atoms with Crippen LogP contribution in [0.15, 0.2) is 24.3 Å². The Balaban J connectivity index is 4.30. The molecule has 0 fully saturated rings. The van der Waals surface area contributed by atoms with E-state index in [0.717, 1.165) is 51.4 Å². The van der Waals surface area contributed by atoms with E-state index >= 15 is 0 Å². The van der Waals surface area contributed by atoms with E-state index < -0.39 is 20.0 Å². The van der Waals surface area contributed by atoms with Crippen molar-refractivity contribution in [1.82, 2.24) is 5.32 Å². The molecular weight excluding hydrogens is 732 g/mol. The lowest BCUT2D eigenvalue weighted by molar-refractivity contribution is -0.870. The summed E-state index contributed by atoms with van der Waals surface area (Å²) < 4.78 is 23.3. The fourth-order valence-electron chi connectivity index (χ4n) is 7.09. The minimum absolute atomic E-state index is 0.0104. The second-order valence-corrected chi connectivity index (χ2v) is 19.3. The first-order valence-corrected chi connectivity index (χ1v) is 25.7. The van der Waals surface area contributed by atoms with Gasteiger partial charge in [-0.1, -0.05) is 205 Å². The van der Waals surface area contributed by atoms with Crippen LogP contribution in [0.1, 0.15) is 226 Å². The largest absolute Gasteiger partial charge is 0.756 e. The van der Waals surface area contributed by atoms with Crippen molar-refractivity contribution in [2.75, 3.05) is 40.9 Å². The van der Waals surface area contributed by atoms with Crippen LogP contribution in [0.2, 0.25) is 0 Å². The molecule has 8 nitrogen and oxygen atoms in total. The third-order valence-corrected chi connectivity index (χ3v) is 11.9. The van der Waals surface area contributed by atoms with Gasteiger partial charge in [-0.25, -0.2) is 0 Å². The van der Waals surface area contributed by atoms with Gasteiger partial charge in [0, 0.05) is 6.42 Å². The van der Waals surface area contributed by atoms with E-state index in [1.807, 2.05) is 21.1 Å². The number of carbonyl (C=O) groups excluding carboxylic acids is 1. The maximum atomic E-state index is 12.9. The lowest BCUT2D eigenvalue weighted by Gasteiger charge is -2.30. The van der Waals surface area contributed by atoms with Crippen molar-refractivity contribution in [1.29, 1.82) is 0 Å². The molecule has 2 N–H and O–H groups in total. The van der Waals surface area contributed by atoms with E-state index in [1.54, 1.807) is 0 Å². The number of aliphatic hydroxyl groups excluding tert-OH is 1. The highest BCUT2D eigenvalue weighted by Crippen LogP contribution is 2.38. The van der Waals surface area contributed by atoms with Gasteiger partial charge < -0.3 is 28.8 Å². The van der Waals surface area contributed by atoms with E-state index in [2.05, 4.69) is 43.5 Å². The lowest BCUT2D eigenvalue weighted by atomic mass is 10.0. The topological polar surface area (TPSA) is 108 Å². The molecule has 0 aliphatic carbocycles. The molecule has 0 saturated carbocycles. The van der Waals surface area contributed by atoms with Gasteiger partial charge in [-0.05, 0) is 38.5 Å². The molecule has 0 aliphatic heterocycles. The quantitative estimate of drug-likeness (QED) is 0.0274. The monoisotopic (exact) mass is 827 g/mol. The lowest BCUT2D eigenvalue weighted by Crippen LogP contribution is -2.46. The van der Waals surface area contributed by atoms with E-state index in [9.17, 15) is 19.4 Å². The highest BCUT2D eigenvalue weighted by Gasteiger charge is 2.24. The molecule has 0 heterocycles. The van der Waals surface area contributed by atoms with Crippen LogP contribution in [-0.4, -0.2) is 68.5 Å². The van der Waals surface area contributed by atoms with Gasteiger partial charge in [0.25, 0.3) is 7.82 Å². The maximum absolute atomic E-state index is 12.9. The van der Waals surface area contributed by atoms with E-state index in [-0.39, 0.29) is 19.1 Å². The van der Waals surface area contributed by atoms with Crippen LogP contribution in [-0.2, 0) is 18.4 Å². The van der Waals surface area contributed by atoms with Crippen molar-refractivity contribution in [2.24, 2.45) is 0 Å². The second-order valence-electron chi connectivity index (χ2n) is 17.8. The number of nitrogens with one attached hydrogen (secondary N) is 1. The number of hydrogen-bond donors (Lipinski definition) is 2. The zero-order valence-corrected chi connectivity index (χ0v) is 39.2. The Bertz CT molecular complexity index is 984. The van der Waals surface area contributed by atoms with Crippen LogP contribution < -0.4 is 10.2 Å². The molecule has 0 bridgehead atoms. The summed E-state index contributed by atoms with van der Waals surface area (Å²) in [5.41, 5.74) is 0. The molecule has 57 heavy (non-hydrogen) atoms. The van der Waals surface area contributed by atoms with Crippen molar-refractivity contribution < 1.29 is 32.9 Å². The van der Waals surface area contributed by atoms with Gasteiger partial charge in [0.2, 0.25) is 5.91 Å². The van der Waals surface area contributed by atoms with Gasteiger partial charge in [0.05, 0.1) is 39.9 Å².